The maximum atomic E-state index is 12.2. The van der Waals surface area contributed by atoms with Gasteiger partial charge in [0.1, 0.15) is 6.10 Å². The Labute approximate surface area is 118 Å². The third-order valence-electron chi connectivity index (χ3n) is 4.51. The molecule has 0 spiro atoms. The Hall–Kier alpha value is -1.14. The van der Waals surface area contributed by atoms with Gasteiger partial charge in [0.15, 0.2) is 6.10 Å². The minimum Gasteiger partial charge on any atom is -0.479 e. The summed E-state index contributed by atoms with van der Waals surface area (Å²) in [4.78, 5) is 23.0. The van der Waals surface area contributed by atoms with Gasteiger partial charge in [0, 0.05) is 0 Å². The predicted molar refractivity (Wildman–Crippen MR) is 71.1 cm³/mol. The van der Waals surface area contributed by atoms with Crippen LogP contribution in [0.4, 0.5) is 0 Å². The van der Waals surface area contributed by atoms with Crippen LogP contribution in [0, 0.1) is 5.92 Å². The van der Waals surface area contributed by atoms with E-state index in [1.54, 1.807) is 0 Å². The Balaban J connectivity index is 1.91. The van der Waals surface area contributed by atoms with E-state index in [4.69, 9.17) is 9.84 Å². The van der Waals surface area contributed by atoms with E-state index in [2.05, 4.69) is 12.2 Å². The molecule has 1 amide bonds. The molecule has 2 atom stereocenters. The lowest BCUT2D eigenvalue weighted by Gasteiger charge is -2.39. The molecule has 6 nitrogen and oxygen atoms in total. The van der Waals surface area contributed by atoms with Crippen molar-refractivity contribution >= 4 is 11.9 Å². The highest BCUT2D eigenvalue weighted by molar-refractivity contribution is 5.83. The molecule has 3 N–H and O–H groups in total. The number of rotatable bonds is 4. The van der Waals surface area contributed by atoms with E-state index in [9.17, 15) is 14.7 Å². The lowest BCUT2D eigenvalue weighted by Crippen LogP contribution is -2.55. The van der Waals surface area contributed by atoms with Crippen molar-refractivity contribution in [3.05, 3.63) is 0 Å². The van der Waals surface area contributed by atoms with Gasteiger partial charge >= 0.3 is 5.97 Å². The zero-order valence-electron chi connectivity index (χ0n) is 11.8. The van der Waals surface area contributed by atoms with Gasteiger partial charge < -0.3 is 20.3 Å². The van der Waals surface area contributed by atoms with Gasteiger partial charge in [0.2, 0.25) is 5.91 Å². The first kappa shape index (κ1) is 15.3. The standard InChI is InChI=1S/C14H23NO5/c1-9-4-6-14(8-16,7-5-9)15-12(17)10-2-3-11(20-10)13(18)19/h9-11,16H,2-8H2,1H3,(H,15,17)(H,18,19)/t9?,10-,11+,14?/m0/s1. The SMILES string of the molecule is CC1CCC(CO)(NC(=O)[C@@H]2CC[C@H](C(=O)O)O2)CC1. The fourth-order valence-electron chi connectivity index (χ4n) is 2.99. The Morgan fingerprint density at radius 1 is 1.20 bits per heavy atom. The van der Waals surface area contributed by atoms with Gasteiger partial charge in [-0.25, -0.2) is 4.79 Å². The summed E-state index contributed by atoms with van der Waals surface area (Å²) < 4.78 is 5.24. The number of aliphatic carboxylic acids is 1. The molecule has 0 radical (unpaired) electrons. The molecule has 0 aromatic rings. The fourth-order valence-corrected chi connectivity index (χ4v) is 2.99. The molecule has 2 aliphatic rings. The minimum absolute atomic E-state index is 0.0828. The second-order valence-electron chi connectivity index (χ2n) is 6.14. The van der Waals surface area contributed by atoms with Crippen molar-refractivity contribution in [2.24, 2.45) is 5.92 Å². The summed E-state index contributed by atoms with van der Waals surface area (Å²) in [6.45, 7) is 2.08. The Morgan fingerprint density at radius 3 is 2.30 bits per heavy atom. The van der Waals surface area contributed by atoms with Crippen LogP contribution in [0.3, 0.4) is 0 Å². The average molecular weight is 285 g/mol. The number of nitrogens with one attached hydrogen (secondary N) is 1. The number of hydrogen-bond acceptors (Lipinski definition) is 4. The van der Waals surface area contributed by atoms with Crippen LogP contribution in [-0.4, -0.2) is 46.4 Å². The van der Waals surface area contributed by atoms with Gasteiger partial charge in [-0.05, 0) is 44.4 Å². The van der Waals surface area contributed by atoms with Crippen molar-refractivity contribution in [3.8, 4) is 0 Å². The molecule has 2 rings (SSSR count). The van der Waals surface area contributed by atoms with Crippen LogP contribution in [0.15, 0.2) is 0 Å². The van der Waals surface area contributed by atoms with E-state index in [1.165, 1.54) is 0 Å². The summed E-state index contributed by atoms with van der Waals surface area (Å²) in [5.74, 6) is -0.702. The number of ether oxygens (including phenoxy) is 1. The molecule has 20 heavy (non-hydrogen) atoms. The maximum Gasteiger partial charge on any atom is 0.332 e. The molecule has 2 fully saturated rings. The van der Waals surface area contributed by atoms with E-state index in [0.29, 0.717) is 18.8 Å². The maximum absolute atomic E-state index is 12.2. The highest BCUT2D eigenvalue weighted by Gasteiger charge is 2.40. The second kappa shape index (κ2) is 6.10. The lowest BCUT2D eigenvalue weighted by molar-refractivity contribution is -0.152. The average Bonchev–Trinajstić information content (AvgIpc) is 2.92. The number of hydrogen-bond donors (Lipinski definition) is 3. The van der Waals surface area contributed by atoms with Crippen LogP contribution in [0.25, 0.3) is 0 Å². The zero-order valence-corrected chi connectivity index (χ0v) is 11.8. The van der Waals surface area contributed by atoms with Gasteiger partial charge in [-0.1, -0.05) is 6.92 Å². The quantitative estimate of drug-likeness (QED) is 0.706. The Bertz CT molecular complexity index is 376. The first-order chi connectivity index (χ1) is 9.46. The number of amides is 1. The van der Waals surface area contributed by atoms with Gasteiger partial charge in [0.25, 0.3) is 0 Å². The third kappa shape index (κ3) is 3.30. The van der Waals surface area contributed by atoms with E-state index >= 15 is 0 Å². The van der Waals surface area contributed by atoms with Crippen molar-refractivity contribution in [2.75, 3.05) is 6.61 Å². The molecule has 114 valence electrons. The zero-order chi connectivity index (χ0) is 14.8. The van der Waals surface area contributed by atoms with Gasteiger partial charge in [-0.3, -0.25) is 4.79 Å². The first-order valence-corrected chi connectivity index (χ1v) is 7.27. The van der Waals surface area contributed by atoms with Crippen LogP contribution < -0.4 is 5.32 Å². The summed E-state index contributed by atoms with van der Waals surface area (Å²) in [6.07, 6.45) is 2.64. The number of aliphatic hydroxyl groups is 1. The highest BCUT2D eigenvalue weighted by atomic mass is 16.5. The molecule has 0 unspecified atom stereocenters. The molecule has 6 heteroatoms. The third-order valence-corrected chi connectivity index (χ3v) is 4.51. The summed E-state index contributed by atoms with van der Waals surface area (Å²) >= 11 is 0. The molecule has 1 aliphatic carbocycles. The van der Waals surface area contributed by atoms with E-state index < -0.39 is 23.7 Å². The number of aliphatic hydroxyl groups excluding tert-OH is 1. The largest absolute Gasteiger partial charge is 0.479 e. The summed E-state index contributed by atoms with van der Waals surface area (Å²) in [7, 11) is 0. The van der Waals surface area contributed by atoms with Crippen molar-refractivity contribution in [1.29, 1.82) is 0 Å². The number of carboxylic acid groups (broad SMARTS) is 1. The summed E-state index contributed by atoms with van der Waals surface area (Å²) in [6, 6.07) is 0. The minimum atomic E-state index is -1.02. The molecular formula is C14H23NO5. The molecule has 0 aromatic heterocycles. The predicted octanol–water partition coefficient (Wildman–Crippen LogP) is 0.676. The molecular weight excluding hydrogens is 262 g/mol. The van der Waals surface area contributed by atoms with Crippen LogP contribution >= 0.6 is 0 Å². The molecule has 1 heterocycles. The summed E-state index contributed by atoms with van der Waals surface area (Å²) in [5.41, 5.74) is -0.561. The monoisotopic (exact) mass is 285 g/mol. The van der Waals surface area contributed by atoms with Crippen molar-refractivity contribution in [1.82, 2.24) is 5.32 Å². The van der Waals surface area contributed by atoms with Crippen molar-refractivity contribution in [2.45, 2.75) is 63.2 Å². The normalized spacial score (nSPS) is 37.6. The van der Waals surface area contributed by atoms with Crippen LogP contribution in [0.1, 0.15) is 45.4 Å². The second-order valence-corrected chi connectivity index (χ2v) is 6.14. The van der Waals surface area contributed by atoms with E-state index in [1.807, 2.05) is 0 Å². The molecule has 1 saturated heterocycles. The van der Waals surface area contributed by atoms with Crippen molar-refractivity contribution in [3.63, 3.8) is 0 Å². The summed E-state index contributed by atoms with van der Waals surface area (Å²) in [5, 5.41) is 21.4. The van der Waals surface area contributed by atoms with Gasteiger partial charge in [-0.2, -0.15) is 0 Å². The number of carbonyl (C=O) groups excluding carboxylic acids is 1. The lowest BCUT2D eigenvalue weighted by atomic mass is 9.77. The van der Waals surface area contributed by atoms with Crippen LogP contribution in [-0.2, 0) is 14.3 Å². The molecule has 0 aromatic carbocycles. The molecule has 1 aliphatic heterocycles. The smallest absolute Gasteiger partial charge is 0.332 e. The Kier molecular flexibility index (Phi) is 4.65. The van der Waals surface area contributed by atoms with E-state index in [0.717, 1.165) is 25.7 Å². The topological polar surface area (TPSA) is 95.9 Å². The molecule has 1 saturated carbocycles. The van der Waals surface area contributed by atoms with Crippen LogP contribution in [0.5, 0.6) is 0 Å². The Morgan fingerprint density at radius 2 is 1.80 bits per heavy atom. The van der Waals surface area contributed by atoms with Crippen molar-refractivity contribution < 1.29 is 24.5 Å². The van der Waals surface area contributed by atoms with E-state index in [-0.39, 0.29) is 12.5 Å². The first-order valence-electron chi connectivity index (χ1n) is 7.27. The number of carbonyl (C=O) groups is 2. The highest BCUT2D eigenvalue weighted by Crippen LogP contribution is 2.32. The molecule has 0 bridgehead atoms. The fraction of sp³-hybridized carbons (Fsp3) is 0.857. The number of carboxylic acids is 1. The van der Waals surface area contributed by atoms with Crippen LogP contribution in [0.2, 0.25) is 0 Å². The van der Waals surface area contributed by atoms with Gasteiger partial charge in [-0.15, -0.1) is 0 Å². The van der Waals surface area contributed by atoms with Gasteiger partial charge in [0.05, 0.1) is 12.1 Å².